The van der Waals surface area contributed by atoms with Crippen molar-refractivity contribution >= 4 is 11.8 Å². The molecule has 0 amide bonds. The number of aliphatic carboxylic acids is 1. The average molecular weight is 488 g/mol. The Morgan fingerprint density at radius 3 is 2.00 bits per heavy atom. The van der Waals surface area contributed by atoms with E-state index in [1.54, 1.807) is 0 Å². The first kappa shape index (κ1) is 25.8. The maximum absolute atomic E-state index is 11.2. The van der Waals surface area contributed by atoms with E-state index < -0.39 is 12.1 Å². The van der Waals surface area contributed by atoms with Crippen LogP contribution in [0.15, 0.2) is 48.5 Å². The molecule has 2 N–H and O–H groups in total. The monoisotopic (exact) mass is 487 g/mol. The predicted octanol–water partition coefficient (Wildman–Crippen LogP) is 6.48. The quantitative estimate of drug-likeness (QED) is 0.336. The predicted molar refractivity (Wildman–Crippen MR) is 144 cm³/mol. The molecule has 1 aliphatic rings. The van der Waals surface area contributed by atoms with Gasteiger partial charge in [0.2, 0.25) is 0 Å². The van der Waals surface area contributed by atoms with Crippen LogP contribution in [0.2, 0.25) is 0 Å². The van der Waals surface area contributed by atoms with Gasteiger partial charge in [0.1, 0.15) is 11.8 Å². The molecule has 2 atom stereocenters. The molecule has 0 aliphatic carbocycles. The van der Waals surface area contributed by atoms with Crippen molar-refractivity contribution in [2.75, 3.05) is 4.90 Å². The highest BCUT2D eigenvalue weighted by atomic mass is 16.4. The molecular formula is C30H37N3O3. The van der Waals surface area contributed by atoms with Crippen LogP contribution in [0.25, 0.3) is 22.5 Å². The van der Waals surface area contributed by atoms with Crippen molar-refractivity contribution in [1.29, 1.82) is 0 Å². The summed E-state index contributed by atoms with van der Waals surface area (Å²) < 4.78 is 0. The molecule has 0 saturated carbocycles. The zero-order valence-corrected chi connectivity index (χ0v) is 21.7. The number of anilines is 1. The van der Waals surface area contributed by atoms with Gasteiger partial charge in [-0.1, -0.05) is 72.5 Å². The molecule has 6 heteroatoms. The minimum atomic E-state index is -0.746. The van der Waals surface area contributed by atoms with Gasteiger partial charge in [0, 0.05) is 29.6 Å². The van der Waals surface area contributed by atoms with Crippen molar-refractivity contribution in [2.45, 2.75) is 84.4 Å². The fourth-order valence-corrected chi connectivity index (χ4v) is 5.09. The van der Waals surface area contributed by atoms with Gasteiger partial charge in [-0.15, -0.1) is 0 Å². The third-order valence-electron chi connectivity index (χ3n) is 6.99. The van der Waals surface area contributed by atoms with E-state index in [0.29, 0.717) is 18.5 Å². The molecule has 0 saturated heterocycles. The molecule has 2 heterocycles. The second-order valence-corrected chi connectivity index (χ2v) is 10.3. The first-order chi connectivity index (χ1) is 17.2. The highest BCUT2D eigenvalue weighted by Crippen LogP contribution is 2.41. The van der Waals surface area contributed by atoms with E-state index in [0.717, 1.165) is 47.6 Å². The number of hydrogen-bond acceptors (Lipinski definition) is 5. The van der Waals surface area contributed by atoms with Gasteiger partial charge < -0.3 is 15.1 Å². The number of aromatic nitrogens is 2. The van der Waals surface area contributed by atoms with Gasteiger partial charge >= 0.3 is 5.97 Å². The Labute approximate surface area is 214 Å². The van der Waals surface area contributed by atoms with Crippen molar-refractivity contribution in [3.8, 4) is 22.5 Å². The molecule has 1 aliphatic heterocycles. The molecule has 1 aromatic heterocycles. The van der Waals surface area contributed by atoms with E-state index in [2.05, 4.69) is 81.1 Å². The van der Waals surface area contributed by atoms with Crippen LogP contribution in [0.4, 0.5) is 5.82 Å². The van der Waals surface area contributed by atoms with Crippen LogP contribution in [0.1, 0.15) is 75.3 Å². The number of nitrogens with zero attached hydrogens (tertiary/aromatic N) is 3. The number of aryl methyl sites for hydroxylation is 2. The molecule has 0 bridgehead atoms. The van der Waals surface area contributed by atoms with Crippen molar-refractivity contribution in [1.82, 2.24) is 9.97 Å². The summed E-state index contributed by atoms with van der Waals surface area (Å²) in [6, 6.07) is 16.9. The third kappa shape index (κ3) is 5.76. The Kier molecular flexibility index (Phi) is 8.04. The highest BCUT2D eigenvalue weighted by Gasteiger charge is 2.36. The van der Waals surface area contributed by atoms with Crippen LogP contribution in [-0.4, -0.2) is 38.2 Å². The molecule has 4 rings (SSSR count). The largest absolute Gasteiger partial charge is 0.481 e. The summed E-state index contributed by atoms with van der Waals surface area (Å²) in [5, 5.41) is 20.1. The molecule has 0 radical (unpaired) electrons. The Morgan fingerprint density at radius 1 is 0.917 bits per heavy atom. The number of hydrogen-bond donors (Lipinski definition) is 2. The number of carbonyl (C=O) groups is 1. The maximum atomic E-state index is 11.2. The standard InChI is InChI=1S/C30H37N3O3/c1-19(2)33-24(8-6-5-7-9-26(35)36)18-25(34)29-30(33)32-28(23-16-12-21(4)13-17-23)27(31-29)22-14-10-20(3)11-15-22/h10-17,19,24-25,34H,5-9,18H2,1-4H3,(H,35,36). The molecule has 3 aromatic rings. The van der Waals surface area contributed by atoms with E-state index >= 15 is 0 Å². The minimum absolute atomic E-state index is 0.128. The number of carboxylic acid groups (broad SMARTS) is 1. The Bertz CT molecular complexity index is 1190. The van der Waals surface area contributed by atoms with E-state index in [9.17, 15) is 9.90 Å². The molecule has 0 spiro atoms. The molecule has 6 nitrogen and oxygen atoms in total. The Balaban J connectivity index is 1.75. The number of aliphatic hydroxyl groups is 1. The van der Waals surface area contributed by atoms with Crippen molar-refractivity contribution in [3.63, 3.8) is 0 Å². The maximum Gasteiger partial charge on any atom is 0.303 e. The summed E-state index contributed by atoms with van der Waals surface area (Å²) in [7, 11) is 0. The number of benzene rings is 2. The van der Waals surface area contributed by atoms with Gasteiger partial charge in [-0.25, -0.2) is 9.97 Å². The molecule has 2 aromatic carbocycles. The SMILES string of the molecule is Cc1ccc(-c2nc3c(nc2-c2ccc(C)cc2)N(C(C)C)C(CCCCCC(=O)O)CC3O)cc1. The molecule has 2 unspecified atom stereocenters. The molecule has 0 fully saturated rings. The first-order valence-corrected chi connectivity index (χ1v) is 13.0. The van der Waals surface area contributed by atoms with Crippen LogP contribution in [0.5, 0.6) is 0 Å². The molecule has 36 heavy (non-hydrogen) atoms. The number of fused-ring (bicyclic) bond motifs is 1. The van der Waals surface area contributed by atoms with Gasteiger partial charge in [0.25, 0.3) is 0 Å². The van der Waals surface area contributed by atoms with E-state index in [1.165, 1.54) is 11.1 Å². The van der Waals surface area contributed by atoms with Crippen molar-refractivity contribution in [2.24, 2.45) is 0 Å². The van der Waals surface area contributed by atoms with E-state index in [4.69, 9.17) is 15.1 Å². The first-order valence-electron chi connectivity index (χ1n) is 13.0. The Hall–Kier alpha value is -3.25. The zero-order chi connectivity index (χ0) is 25.8. The summed E-state index contributed by atoms with van der Waals surface area (Å²) in [6.07, 6.45) is 3.46. The van der Waals surface area contributed by atoms with E-state index in [1.807, 2.05) is 0 Å². The number of aliphatic hydroxyl groups excluding tert-OH is 1. The van der Waals surface area contributed by atoms with Gasteiger partial charge in [-0.3, -0.25) is 4.79 Å². The minimum Gasteiger partial charge on any atom is -0.481 e. The molecular weight excluding hydrogens is 450 g/mol. The second-order valence-electron chi connectivity index (χ2n) is 10.3. The zero-order valence-electron chi connectivity index (χ0n) is 21.7. The molecule has 190 valence electrons. The second kappa shape index (κ2) is 11.2. The van der Waals surface area contributed by atoms with E-state index in [-0.39, 0.29) is 18.5 Å². The number of unbranched alkanes of at least 4 members (excludes halogenated alkanes) is 2. The average Bonchev–Trinajstić information content (AvgIpc) is 2.84. The fourth-order valence-electron chi connectivity index (χ4n) is 5.09. The van der Waals surface area contributed by atoms with Gasteiger partial charge in [0.15, 0.2) is 5.82 Å². The Morgan fingerprint density at radius 2 is 1.47 bits per heavy atom. The van der Waals surface area contributed by atoms with Crippen LogP contribution >= 0.6 is 0 Å². The topological polar surface area (TPSA) is 86.6 Å². The summed E-state index contributed by atoms with van der Waals surface area (Å²) in [6.45, 7) is 8.44. The van der Waals surface area contributed by atoms with Crippen LogP contribution < -0.4 is 4.90 Å². The summed E-state index contributed by atoms with van der Waals surface area (Å²) in [5.41, 5.74) is 6.58. The van der Waals surface area contributed by atoms with Crippen molar-refractivity contribution in [3.05, 3.63) is 65.4 Å². The summed E-state index contributed by atoms with van der Waals surface area (Å²) in [4.78, 5) is 23.4. The van der Waals surface area contributed by atoms with Gasteiger partial charge in [-0.2, -0.15) is 0 Å². The van der Waals surface area contributed by atoms with Crippen LogP contribution in [-0.2, 0) is 4.79 Å². The summed E-state index contributed by atoms with van der Waals surface area (Å²) in [5.74, 6) is 0.00911. The normalized spacial score (nSPS) is 17.3. The number of rotatable bonds is 9. The smallest absolute Gasteiger partial charge is 0.303 e. The van der Waals surface area contributed by atoms with Crippen molar-refractivity contribution < 1.29 is 15.0 Å². The van der Waals surface area contributed by atoms with Gasteiger partial charge in [0.05, 0.1) is 11.4 Å². The fraction of sp³-hybridized carbons (Fsp3) is 0.433. The third-order valence-corrected chi connectivity index (χ3v) is 6.99. The van der Waals surface area contributed by atoms with Crippen LogP contribution in [0.3, 0.4) is 0 Å². The lowest BCUT2D eigenvalue weighted by atomic mass is 9.92. The lowest BCUT2D eigenvalue weighted by Crippen LogP contribution is -2.46. The highest BCUT2D eigenvalue weighted by molar-refractivity contribution is 5.80. The summed E-state index contributed by atoms with van der Waals surface area (Å²) >= 11 is 0. The lowest BCUT2D eigenvalue weighted by molar-refractivity contribution is -0.137. The van der Waals surface area contributed by atoms with Crippen LogP contribution in [0, 0.1) is 13.8 Å². The number of carboxylic acids is 1. The van der Waals surface area contributed by atoms with Gasteiger partial charge in [-0.05, 0) is 47.0 Å². The lowest BCUT2D eigenvalue weighted by Gasteiger charge is -2.42.